The molecule has 2 aliphatic heterocycles. The molecule has 0 saturated carbocycles. The van der Waals surface area contributed by atoms with Gasteiger partial charge in [-0.05, 0) is 219 Å². The van der Waals surface area contributed by atoms with Crippen molar-refractivity contribution in [3.05, 3.63) is 404 Å². The first-order valence-electron chi connectivity index (χ1n) is 35.5. The topological polar surface area (TPSA) is 6.48 Å². The third-order valence-corrected chi connectivity index (χ3v) is 23.6. The van der Waals surface area contributed by atoms with Gasteiger partial charge in [-0.1, -0.05) is 269 Å². The van der Waals surface area contributed by atoms with Gasteiger partial charge in [0.15, 0.2) is 5.67 Å². The molecule has 15 aromatic carbocycles. The number of hydrogen-bond acceptors (Lipinski definition) is 2. The van der Waals surface area contributed by atoms with Gasteiger partial charge >= 0.3 is 0 Å². The molecule has 0 saturated heterocycles. The second-order valence-corrected chi connectivity index (χ2v) is 30.2. The second kappa shape index (κ2) is 20.5. The smallest absolute Gasteiger partial charge is 0.187 e. The standard InChI is InChI=1S/C97H69FN2/c1-58-49-76-83(50-59(58)2)95-77-33-14-13-31-74(77)91(76)75-32-19-37-87(92(75)95)99(70-27-18-26-66(53-70)61-21-7-6-8-22-61)86-48-45-67(55-85(86)95)63-42-40-62(41-43-63)64-24-17-25-65(52-64)68-44-47-80-84(54-68)96-78-34-15-16-35-79(78)97(80,98)82-36-20-38-88(93(82)96)100(90-51-60(39-46-81(90)96)57-94(3,4)5)89-56-69-23-9-10-28-71(69)72-29-11-12-30-73(72)89/h6-56,91H,57H2,1-5H3. The fourth-order valence-electron chi connectivity index (χ4n) is 19.6. The summed E-state index contributed by atoms with van der Waals surface area (Å²) in [5.41, 5.74) is 32.5. The van der Waals surface area contributed by atoms with E-state index in [9.17, 15) is 0 Å². The zero-order chi connectivity index (χ0) is 66.7. The highest BCUT2D eigenvalue weighted by atomic mass is 19.1. The Morgan fingerprint density at radius 1 is 0.310 bits per heavy atom. The minimum absolute atomic E-state index is 0.0391. The second-order valence-electron chi connectivity index (χ2n) is 30.2. The molecule has 6 aliphatic carbocycles. The molecule has 100 heavy (non-hydrogen) atoms. The Balaban J connectivity index is 0.706. The van der Waals surface area contributed by atoms with Crippen LogP contribution < -0.4 is 9.80 Å². The Morgan fingerprint density at radius 2 is 0.850 bits per heavy atom. The number of nitrogens with zero attached hydrogens (tertiary/aromatic N) is 2. The number of fused-ring (bicyclic) bond motifs is 5. The van der Waals surface area contributed by atoms with Gasteiger partial charge in [0, 0.05) is 39.2 Å². The van der Waals surface area contributed by atoms with Gasteiger partial charge in [0.25, 0.3) is 0 Å². The maximum atomic E-state index is 19.9. The lowest BCUT2D eigenvalue weighted by molar-refractivity contribution is 0.250. The highest BCUT2D eigenvalue weighted by molar-refractivity contribution is 6.15. The van der Waals surface area contributed by atoms with Crippen LogP contribution in [0.15, 0.2) is 309 Å². The van der Waals surface area contributed by atoms with Gasteiger partial charge in [0.05, 0.1) is 39.3 Å². The molecule has 0 fully saturated rings. The zero-order valence-corrected chi connectivity index (χ0v) is 56.5. The SMILES string of the molecule is Cc1cc2c(cc1C)C13c4ccccc4C2c2cccc(c21)N(c1cccc(-c2ccccc2)c1)c1ccc(-c2ccc(-c4cccc(-c5ccc6c(c5)C57c8ccc(CC(C)(C)C)cc8N(c8cc9ccccc9c9ccccc89)c8cccc(c85)C6(F)c5ccccc57)c4)cc2)cc13. The first-order valence-corrected chi connectivity index (χ1v) is 35.5. The van der Waals surface area contributed by atoms with E-state index >= 15 is 4.39 Å². The van der Waals surface area contributed by atoms with Crippen LogP contribution >= 0.6 is 0 Å². The normalized spacial score (nSPS) is 18.7. The molecule has 8 aliphatic rings. The summed E-state index contributed by atoms with van der Waals surface area (Å²) in [6.45, 7) is 11.5. The fourth-order valence-corrected chi connectivity index (χ4v) is 19.6. The quantitative estimate of drug-likeness (QED) is 0.147. The van der Waals surface area contributed by atoms with E-state index in [1.165, 1.54) is 99.9 Å². The third-order valence-electron chi connectivity index (χ3n) is 23.6. The average Bonchev–Trinajstić information content (AvgIpc) is 0.653. The Kier molecular flexibility index (Phi) is 11.8. The molecule has 23 rings (SSSR count). The summed E-state index contributed by atoms with van der Waals surface area (Å²) in [7, 11) is 0. The largest absolute Gasteiger partial charge is 0.310 e. The molecule has 4 atom stereocenters. The Labute approximate surface area is 583 Å². The molecule has 4 bridgehead atoms. The van der Waals surface area contributed by atoms with E-state index in [0.29, 0.717) is 5.56 Å². The van der Waals surface area contributed by atoms with Crippen molar-refractivity contribution >= 4 is 55.7 Å². The molecule has 474 valence electrons. The molecule has 2 heterocycles. The van der Waals surface area contributed by atoms with E-state index in [4.69, 9.17) is 0 Å². The first kappa shape index (κ1) is 57.4. The Bertz CT molecular complexity index is 6070. The highest BCUT2D eigenvalue weighted by Gasteiger charge is 2.64. The molecule has 2 nitrogen and oxygen atoms in total. The van der Waals surface area contributed by atoms with Gasteiger partial charge in [-0.15, -0.1) is 0 Å². The number of anilines is 6. The predicted octanol–water partition coefficient (Wildman–Crippen LogP) is 24.9. The third kappa shape index (κ3) is 7.57. The summed E-state index contributed by atoms with van der Waals surface area (Å²) >= 11 is 0. The van der Waals surface area contributed by atoms with Crippen LogP contribution in [0, 0.1) is 19.3 Å². The van der Waals surface area contributed by atoms with Crippen molar-refractivity contribution in [3.8, 4) is 44.5 Å². The van der Waals surface area contributed by atoms with Crippen LogP contribution in [-0.2, 0) is 22.9 Å². The van der Waals surface area contributed by atoms with E-state index in [2.05, 4.69) is 348 Å². The fraction of sp³-hybridized carbons (Fsp3) is 0.113. The molecular formula is C97H69FN2. The maximum absolute atomic E-state index is 19.9. The lowest BCUT2D eigenvalue weighted by Gasteiger charge is -2.57. The summed E-state index contributed by atoms with van der Waals surface area (Å²) in [4.78, 5) is 5.04. The molecule has 15 aromatic rings. The van der Waals surface area contributed by atoms with E-state index in [-0.39, 0.29) is 11.3 Å². The minimum Gasteiger partial charge on any atom is -0.310 e. The molecule has 4 unspecified atom stereocenters. The van der Waals surface area contributed by atoms with Crippen LogP contribution in [0.4, 0.5) is 38.5 Å². The molecule has 2 spiro atoms. The first-order chi connectivity index (χ1) is 48.9. The average molecular weight is 1280 g/mol. The maximum Gasteiger partial charge on any atom is 0.187 e. The van der Waals surface area contributed by atoms with E-state index in [0.717, 1.165) is 95.8 Å². The van der Waals surface area contributed by atoms with Crippen LogP contribution in [0.25, 0.3) is 66.1 Å². The van der Waals surface area contributed by atoms with Gasteiger partial charge in [-0.25, -0.2) is 4.39 Å². The van der Waals surface area contributed by atoms with Crippen LogP contribution in [0.2, 0.25) is 0 Å². The van der Waals surface area contributed by atoms with E-state index in [1.54, 1.807) is 0 Å². The number of alkyl halides is 1. The molecule has 0 N–H and O–H groups in total. The lowest BCUT2D eigenvalue weighted by atomic mass is 9.48. The van der Waals surface area contributed by atoms with Crippen molar-refractivity contribution in [1.82, 2.24) is 0 Å². The molecule has 0 radical (unpaired) electrons. The summed E-state index contributed by atoms with van der Waals surface area (Å²) in [5, 5.41) is 4.74. The number of benzene rings is 15. The molecule has 3 heteroatoms. The van der Waals surface area contributed by atoms with Crippen molar-refractivity contribution in [2.24, 2.45) is 5.41 Å². The van der Waals surface area contributed by atoms with Crippen molar-refractivity contribution < 1.29 is 4.39 Å². The van der Waals surface area contributed by atoms with Crippen LogP contribution in [0.3, 0.4) is 0 Å². The van der Waals surface area contributed by atoms with Gasteiger partial charge < -0.3 is 9.80 Å². The van der Waals surface area contributed by atoms with E-state index in [1.807, 2.05) is 6.07 Å². The molecule has 0 aromatic heterocycles. The van der Waals surface area contributed by atoms with Crippen molar-refractivity contribution in [3.63, 3.8) is 0 Å². The van der Waals surface area contributed by atoms with Gasteiger partial charge in [0.1, 0.15) is 0 Å². The summed E-state index contributed by atoms with van der Waals surface area (Å²) in [6.07, 6.45) is 0.900. The number of rotatable bonds is 7. The van der Waals surface area contributed by atoms with Gasteiger partial charge in [-0.2, -0.15) is 0 Å². The van der Waals surface area contributed by atoms with Crippen LogP contribution in [0.5, 0.6) is 0 Å². The zero-order valence-electron chi connectivity index (χ0n) is 56.5. The summed E-state index contributed by atoms with van der Waals surface area (Å²) < 4.78 is 19.9. The number of aryl methyl sites for hydroxylation is 2. The van der Waals surface area contributed by atoms with Crippen molar-refractivity contribution in [1.29, 1.82) is 0 Å². The van der Waals surface area contributed by atoms with Gasteiger partial charge in [-0.3, -0.25) is 0 Å². The molecular weight excluding hydrogens is 1210 g/mol. The Hall–Kier alpha value is -11.7. The minimum atomic E-state index is -1.91. The number of halogens is 1. The Morgan fingerprint density at radius 3 is 1.65 bits per heavy atom. The summed E-state index contributed by atoms with van der Waals surface area (Å²) in [6, 6.07) is 115. The van der Waals surface area contributed by atoms with Gasteiger partial charge in [0.2, 0.25) is 0 Å². The van der Waals surface area contributed by atoms with Crippen LogP contribution in [-0.4, -0.2) is 0 Å². The van der Waals surface area contributed by atoms with Crippen molar-refractivity contribution in [2.45, 2.75) is 63.5 Å². The van der Waals surface area contributed by atoms with Crippen molar-refractivity contribution in [2.75, 3.05) is 9.80 Å². The van der Waals surface area contributed by atoms with E-state index < -0.39 is 16.5 Å². The van der Waals surface area contributed by atoms with Crippen LogP contribution in [0.1, 0.15) is 121 Å². The molecule has 0 amide bonds. The lowest BCUT2D eigenvalue weighted by Crippen LogP contribution is -2.52. The summed E-state index contributed by atoms with van der Waals surface area (Å²) in [5.74, 6) is 0.120. The highest BCUT2D eigenvalue weighted by Crippen LogP contribution is 2.72. The predicted molar refractivity (Wildman–Crippen MR) is 411 cm³/mol. The monoisotopic (exact) mass is 1280 g/mol. The number of hydrogen-bond donors (Lipinski definition) is 0.